The Morgan fingerprint density at radius 2 is 1.93 bits per heavy atom. The number of nitrogens with two attached hydrogens (primary N) is 1. The highest BCUT2D eigenvalue weighted by atomic mass is 33.1. The summed E-state index contributed by atoms with van der Waals surface area (Å²) in [5.41, 5.74) is 8.72. The maximum atomic E-state index is 11.5. The molecule has 0 saturated heterocycles. The number of primary amides is 1. The van der Waals surface area contributed by atoms with Gasteiger partial charge in [-0.3, -0.25) is 4.79 Å². The number of nitrogens with zero attached hydrogens (tertiary/aromatic N) is 1. The summed E-state index contributed by atoms with van der Waals surface area (Å²) in [4.78, 5) is 30.8. The van der Waals surface area contributed by atoms with Gasteiger partial charge in [0, 0.05) is 11.3 Å². The van der Waals surface area contributed by atoms with E-state index in [9.17, 15) is 9.59 Å². The second kappa shape index (κ2) is 9.52. The van der Waals surface area contributed by atoms with Crippen molar-refractivity contribution >= 4 is 44.7 Å². The number of fused-ring (bicyclic) bond motifs is 1. The van der Waals surface area contributed by atoms with Crippen molar-refractivity contribution < 1.29 is 19.1 Å². The smallest absolute Gasteiger partial charge is 0.433 e. The highest BCUT2D eigenvalue weighted by Gasteiger charge is 2.12. The quantitative estimate of drug-likeness (QED) is 0.324. The van der Waals surface area contributed by atoms with Crippen LogP contribution in [0, 0.1) is 0 Å². The predicted octanol–water partition coefficient (Wildman–Crippen LogP) is 3.99. The van der Waals surface area contributed by atoms with E-state index in [1.807, 2.05) is 36.6 Å². The van der Waals surface area contributed by atoms with E-state index in [0.29, 0.717) is 23.5 Å². The molecule has 3 rings (SSSR count). The molecule has 0 unspecified atom stereocenters. The Balaban J connectivity index is 1.63. The second-order valence-electron chi connectivity index (χ2n) is 5.72. The maximum absolute atomic E-state index is 11.5. The second-order valence-corrected chi connectivity index (χ2v) is 8.41. The van der Waals surface area contributed by atoms with Crippen LogP contribution in [0.2, 0.25) is 0 Å². The first-order chi connectivity index (χ1) is 13.6. The topological polar surface area (TPSA) is 107 Å². The van der Waals surface area contributed by atoms with Gasteiger partial charge in [-0.15, -0.1) is 0 Å². The number of para-hydroxylation sites is 1. The fourth-order valence-electron chi connectivity index (χ4n) is 2.55. The van der Waals surface area contributed by atoms with Gasteiger partial charge in [0.2, 0.25) is 0 Å². The number of imidazole rings is 1. The molecule has 0 saturated carbocycles. The first-order valence-corrected chi connectivity index (χ1v) is 11.1. The number of amides is 1. The van der Waals surface area contributed by atoms with Gasteiger partial charge in [-0.25, -0.2) is 9.78 Å². The summed E-state index contributed by atoms with van der Waals surface area (Å²) < 4.78 is 10.1. The highest BCUT2D eigenvalue weighted by molar-refractivity contribution is 8.76. The number of aromatic nitrogens is 2. The lowest BCUT2D eigenvalue weighted by atomic mass is 10.1. The van der Waals surface area contributed by atoms with E-state index in [4.69, 9.17) is 15.2 Å². The Morgan fingerprint density at radius 3 is 2.64 bits per heavy atom. The lowest BCUT2D eigenvalue weighted by molar-refractivity contribution is 0.0543. The summed E-state index contributed by atoms with van der Waals surface area (Å²) >= 11 is 0. The van der Waals surface area contributed by atoms with E-state index < -0.39 is 12.1 Å². The van der Waals surface area contributed by atoms with Crippen LogP contribution in [-0.4, -0.2) is 40.6 Å². The van der Waals surface area contributed by atoms with Gasteiger partial charge in [-0.2, -0.15) is 0 Å². The summed E-state index contributed by atoms with van der Waals surface area (Å²) in [5.74, 6) is 0.830. The molecule has 0 radical (unpaired) electrons. The van der Waals surface area contributed by atoms with Crippen LogP contribution in [-0.2, 0) is 16.1 Å². The first kappa shape index (κ1) is 20.1. The summed E-state index contributed by atoms with van der Waals surface area (Å²) in [6, 6.07) is 12.6. The Bertz CT molecular complexity index is 973. The Morgan fingerprint density at radius 1 is 1.14 bits per heavy atom. The number of hydrogen-bond donors (Lipinski definition) is 2. The molecule has 3 aromatic rings. The summed E-state index contributed by atoms with van der Waals surface area (Å²) in [7, 11) is 3.24. The van der Waals surface area contributed by atoms with Crippen molar-refractivity contribution in [2.24, 2.45) is 5.73 Å². The zero-order valence-corrected chi connectivity index (χ0v) is 16.8. The number of H-pyrrole nitrogens is 1. The van der Waals surface area contributed by atoms with E-state index in [1.54, 1.807) is 33.7 Å². The molecule has 0 atom stereocenters. The zero-order valence-electron chi connectivity index (χ0n) is 15.1. The molecule has 0 aliphatic heterocycles. The molecule has 146 valence electrons. The van der Waals surface area contributed by atoms with Gasteiger partial charge >= 0.3 is 6.16 Å². The van der Waals surface area contributed by atoms with Crippen LogP contribution in [0.25, 0.3) is 22.4 Å². The Hall–Kier alpha value is -2.65. The van der Waals surface area contributed by atoms with E-state index in [1.165, 1.54) is 0 Å². The van der Waals surface area contributed by atoms with Crippen LogP contribution in [0.5, 0.6) is 0 Å². The maximum Gasteiger partial charge on any atom is 0.508 e. The van der Waals surface area contributed by atoms with Crippen molar-refractivity contribution in [1.29, 1.82) is 0 Å². The number of hydrogen-bond acceptors (Lipinski definition) is 7. The minimum Gasteiger partial charge on any atom is -0.433 e. The predicted molar refractivity (Wildman–Crippen MR) is 112 cm³/mol. The normalized spacial score (nSPS) is 10.8. The van der Waals surface area contributed by atoms with Crippen LogP contribution in [0.4, 0.5) is 4.79 Å². The molecule has 7 nitrogen and oxygen atoms in total. The fraction of sp³-hybridized carbons (Fsp3) is 0.211. The standard InChI is InChI=1S/C19H19N3O4S2/c1-27-28-10-9-25-19(24)26-11-12-5-7-13(8-6-12)18-21-15-4-2-3-14(17(20)23)16(15)22-18/h2-8H,9-11H2,1H3,(H2,20,23)(H,21,22). The molecule has 0 bridgehead atoms. The van der Waals surface area contributed by atoms with Gasteiger partial charge < -0.3 is 20.2 Å². The molecule has 1 amide bonds. The molecule has 1 heterocycles. The van der Waals surface area contributed by atoms with Crippen LogP contribution < -0.4 is 5.73 Å². The number of ether oxygens (including phenoxy) is 2. The lowest BCUT2D eigenvalue weighted by Gasteiger charge is -2.06. The van der Waals surface area contributed by atoms with Crippen LogP contribution in [0.1, 0.15) is 15.9 Å². The third-order valence-corrected chi connectivity index (χ3v) is 5.64. The van der Waals surface area contributed by atoms with Crippen molar-refractivity contribution in [3.63, 3.8) is 0 Å². The van der Waals surface area contributed by atoms with Crippen molar-refractivity contribution in [2.45, 2.75) is 6.61 Å². The average Bonchev–Trinajstić information content (AvgIpc) is 3.14. The summed E-state index contributed by atoms with van der Waals surface area (Å²) in [5, 5.41) is 0. The molecule has 0 aliphatic rings. The molecular formula is C19H19N3O4S2. The molecule has 0 spiro atoms. The molecule has 28 heavy (non-hydrogen) atoms. The minimum absolute atomic E-state index is 0.126. The Kier molecular flexibility index (Phi) is 6.83. The number of rotatable bonds is 8. The van der Waals surface area contributed by atoms with Crippen molar-refractivity contribution in [1.82, 2.24) is 9.97 Å². The third-order valence-electron chi connectivity index (χ3n) is 3.87. The molecule has 9 heteroatoms. The minimum atomic E-state index is -0.679. The van der Waals surface area contributed by atoms with E-state index >= 15 is 0 Å². The molecule has 0 fully saturated rings. The molecular weight excluding hydrogens is 398 g/mol. The van der Waals surface area contributed by atoms with Crippen LogP contribution in [0.3, 0.4) is 0 Å². The van der Waals surface area contributed by atoms with Crippen LogP contribution in [0.15, 0.2) is 42.5 Å². The SMILES string of the molecule is CSSCCOC(=O)OCc1ccc(-c2nc3c(C(N)=O)cccc3[nH]2)cc1. The molecule has 0 aliphatic carbocycles. The monoisotopic (exact) mass is 417 g/mol. The number of benzene rings is 2. The van der Waals surface area contributed by atoms with Crippen molar-refractivity contribution in [3.8, 4) is 11.4 Å². The average molecular weight is 418 g/mol. The zero-order chi connectivity index (χ0) is 19.9. The number of nitrogens with one attached hydrogen (secondary N) is 1. The molecule has 2 aromatic carbocycles. The fourth-order valence-corrected chi connectivity index (χ4v) is 3.57. The largest absolute Gasteiger partial charge is 0.508 e. The van der Waals surface area contributed by atoms with Gasteiger partial charge in [0.25, 0.3) is 5.91 Å². The lowest BCUT2D eigenvalue weighted by Crippen LogP contribution is -2.11. The van der Waals surface area contributed by atoms with Gasteiger partial charge in [-0.1, -0.05) is 51.9 Å². The van der Waals surface area contributed by atoms with Gasteiger partial charge in [0.05, 0.1) is 11.1 Å². The highest BCUT2D eigenvalue weighted by Crippen LogP contribution is 2.23. The molecule has 3 N–H and O–H groups in total. The third kappa shape index (κ3) is 4.99. The number of aromatic amines is 1. The van der Waals surface area contributed by atoms with Gasteiger partial charge in [0.1, 0.15) is 24.6 Å². The summed E-state index contributed by atoms with van der Waals surface area (Å²) in [6.45, 7) is 0.448. The van der Waals surface area contributed by atoms with E-state index in [0.717, 1.165) is 22.4 Å². The van der Waals surface area contributed by atoms with Gasteiger partial charge in [0.15, 0.2) is 0 Å². The van der Waals surface area contributed by atoms with E-state index in [2.05, 4.69) is 9.97 Å². The summed E-state index contributed by atoms with van der Waals surface area (Å²) in [6.07, 6.45) is 1.29. The van der Waals surface area contributed by atoms with Crippen molar-refractivity contribution in [2.75, 3.05) is 18.6 Å². The van der Waals surface area contributed by atoms with Gasteiger partial charge in [-0.05, 0) is 24.0 Å². The molecule has 1 aromatic heterocycles. The van der Waals surface area contributed by atoms with Crippen molar-refractivity contribution in [3.05, 3.63) is 53.6 Å². The Labute approximate surface area is 169 Å². The number of carbonyl (C=O) groups is 2. The number of carbonyl (C=O) groups excluding carboxylic acids is 2. The first-order valence-electron chi connectivity index (χ1n) is 8.41. The van der Waals surface area contributed by atoms with E-state index in [-0.39, 0.29) is 6.61 Å². The van der Waals surface area contributed by atoms with Crippen LogP contribution >= 0.6 is 21.6 Å².